The van der Waals surface area contributed by atoms with Crippen LogP contribution in [0.25, 0.3) is 0 Å². The summed E-state index contributed by atoms with van der Waals surface area (Å²) in [6, 6.07) is 6.46. The van der Waals surface area contributed by atoms with Crippen LogP contribution in [0.5, 0.6) is 0 Å². The second-order valence-electron chi connectivity index (χ2n) is 7.54. The Labute approximate surface area is 155 Å². The molecule has 26 heavy (non-hydrogen) atoms. The van der Waals surface area contributed by atoms with Crippen molar-refractivity contribution >= 4 is 12.0 Å². The van der Waals surface area contributed by atoms with Crippen LogP contribution in [-0.2, 0) is 16.0 Å². The second kappa shape index (κ2) is 9.54. The van der Waals surface area contributed by atoms with Gasteiger partial charge >= 0.3 is 6.09 Å². The summed E-state index contributed by atoms with van der Waals surface area (Å²) in [4.78, 5) is 24.4. The molecule has 0 bridgehead atoms. The van der Waals surface area contributed by atoms with E-state index in [2.05, 4.69) is 15.4 Å². The Balaban J connectivity index is 2.94. The maximum Gasteiger partial charge on any atom is 0.407 e. The van der Waals surface area contributed by atoms with Gasteiger partial charge in [0.1, 0.15) is 6.04 Å². The molecule has 0 aromatic heterocycles. The molecule has 7 heteroatoms. The van der Waals surface area contributed by atoms with Gasteiger partial charge in [0.15, 0.2) is 0 Å². The molecule has 0 aliphatic heterocycles. The number of aryl methyl sites for hydroxylation is 1. The number of aliphatic hydroxyl groups is 1. The maximum absolute atomic E-state index is 12.8. The summed E-state index contributed by atoms with van der Waals surface area (Å²) in [7, 11) is 1.24. The first-order chi connectivity index (χ1) is 12.1. The molecule has 0 radical (unpaired) electrons. The molecule has 1 aromatic carbocycles. The Kier molecular flexibility index (Phi) is 8.05. The topological polar surface area (TPSA) is 114 Å². The highest BCUT2D eigenvalue weighted by molar-refractivity contribution is 5.86. The molecule has 0 spiro atoms. The number of ether oxygens (including phenoxy) is 1. The summed E-state index contributed by atoms with van der Waals surface area (Å²) < 4.78 is 4.61. The van der Waals surface area contributed by atoms with Crippen molar-refractivity contribution in [3.05, 3.63) is 35.4 Å². The largest absolute Gasteiger partial charge is 0.453 e. The van der Waals surface area contributed by atoms with Gasteiger partial charge in [-0.1, -0.05) is 50.6 Å². The maximum atomic E-state index is 12.8. The highest BCUT2D eigenvalue weighted by Gasteiger charge is 2.35. The third-order valence-corrected chi connectivity index (χ3v) is 4.19. The number of nitrogens with two attached hydrogens (primary N) is 1. The average molecular weight is 365 g/mol. The molecule has 5 N–H and O–H groups in total. The molecule has 146 valence electrons. The van der Waals surface area contributed by atoms with Gasteiger partial charge in [-0.25, -0.2) is 4.79 Å². The van der Waals surface area contributed by atoms with Gasteiger partial charge in [0, 0.05) is 6.54 Å². The van der Waals surface area contributed by atoms with Gasteiger partial charge in [-0.15, -0.1) is 0 Å². The fourth-order valence-electron chi connectivity index (χ4n) is 2.54. The second-order valence-corrected chi connectivity index (χ2v) is 7.54. The minimum absolute atomic E-state index is 0.0153. The molecule has 0 saturated heterocycles. The predicted octanol–water partition coefficient (Wildman–Crippen LogP) is 1.11. The molecular weight excluding hydrogens is 334 g/mol. The molecule has 1 aromatic rings. The molecule has 2 amide bonds. The Hall–Kier alpha value is -2.12. The monoisotopic (exact) mass is 365 g/mol. The number of methoxy groups -OCH3 is 1. The number of nitrogens with one attached hydrogen (secondary N) is 2. The lowest BCUT2D eigenvalue weighted by molar-refractivity contribution is -0.127. The summed E-state index contributed by atoms with van der Waals surface area (Å²) in [5, 5.41) is 15.6. The number of hydrogen-bond acceptors (Lipinski definition) is 5. The van der Waals surface area contributed by atoms with Crippen LogP contribution in [0.2, 0.25) is 0 Å². The summed E-state index contributed by atoms with van der Waals surface area (Å²) in [5.41, 5.74) is 7.16. The minimum atomic E-state index is -0.904. The normalized spacial score (nSPS) is 14.9. The summed E-state index contributed by atoms with van der Waals surface area (Å²) in [6.45, 7) is 7.51. The van der Waals surface area contributed by atoms with E-state index in [4.69, 9.17) is 5.73 Å². The standard InChI is InChI=1S/C19H31N3O4/c1-12-6-8-13(9-7-12)10-14(15(23)11-20)21-17(24)16(19(2,3)4)22-18(25)26-5/h6-9,14-16,23H,10-11,20H2,1-5H3,(H,21,24)(H,22,25)/t14-,15-,16?/m0/s1. The highest BCUT2D eigenvalue weighted by atomic mass is 16.5. The van der Waals surface area contributed by atoms with Gasteiger partial charge in [-0.3, -0.25) is 4.79 Å². The molecule has 0 aliphatic rings. The predicted molar refractivity (Wildman–Crippen MR) is 101 cm³/mol. The van der Waals surface area contributed by atoms with E-state index in [1.807, 2.05) is 52.0 Å². The summed E-state index contributed by atoms with van der Waals surface area (Å²) >= 11 is 0. The van der Waals surface area contributed by atoms with Crippen LogP contribution in [0.3, 0.4) is 0 Å². The van der Waals surface area contributed by atoms with Crippen LogP contribution in [0.15, 0.2) is 24.3 Å². The van der Waals surface area contributed by atoms with Crippen molar-refractivity contribution in [3.8, 4) is 0 Å². The fourth-order valence-corrected chi connectivity index (χ4v) is 2.54. The molecule has 1 rings (SSSR count). The molecular formula is C19H31N3O4. The number of hydrogen-bond donors (Lipinski definition) is 4. The number of amides is 2. The van der Waals surface area contributed by atoms with Gasteiger partial charge in [0.05, 0.1) is 19.3 Å². The zero-order valence-corrected chi connectivity index (χ0v) is 16.2. The molecule has 7 nitrogen and oxygen atoms in total. The van der Waals surface area contributed by atoms with Gasteiger partial charge in [-0.05, 0) is 24.3 Å². The van der Waals surface area contributed by atoms with Crippen LogP contribution in [0.4, 0.5) is 4.79 Å². The quantitative estimate of drug-likeness (QED) is 0.578. The van der Waals surface area contributed by atoms with Crippen molar-refractivity contribution in [2.45, 2.75) is 52.3 Å². The Morgan fingerprint density at radius 3 is 2.23 bits per heavy atom. The number of benzene rings is 1. The van der Waals surface area contributed by atoms with E-state index in [1.165, 1.54) is 7.11 Å². The first kappa shape index (κ1) is 21.9. The number of carbonyl (C=O) groups is 2. The van der Waals surface area contributed by atoms with Crippen molar-refractivity contribution < 1.29 is 19.4 Å². The average Bonchev–Trinajstić information content (AvgIpc) is 2.58. The highest BCUT2D eigenvalue weighted by Crippen LogP contribution is 2.20. The molecule has 0 aliphatic carbocycles. The summed E-state index contributed by atoms with van der Waals surface area (Å²) in [6.07, 6.45) is -1.16. The molecule has 3 atom stereocenters. The number of carbonyl (C=O) groups excluding carboxylic acids is 2. The van der Waals surface area contributed by atoms with E-state index >= 15 is 0 Å². The Morgan fingerprint density at radius 2 is 1.77 bits per heavy atom. The third kappa shape index (κ3) is 6.65. The minimum Gasteiger partial charge on any atom is -0.453 e. The van der Waals surface area contributed by atoms with Crippen LogP contribution >= 0.6 is 0 Å². The van der Waals surface area contributed by atoms with E-state index in [9.17, 15) is 14.7 Å². The van der Waals surface area contributed by atoms with Gasteiger partial charge < -0.3 is 26.2 Å². The van der Waals surface area contributed by atoms with Gasteiger partial charge in [0.2, 0.25) is 5.91 Å². The SMILES string of the molecule is COC(=O)NC(C(=O)N[C@@H](Cc1ccc(C)cc1)[C@@H](O)CN)C(C)(C)C. The smallest absolute Gasteiger partial charge is 0.407 e. The van der Waals surface area contributed by atoms with Crippen LogP contribution < -0.4 is 16.4 Å². The summed E-state index contributed by atoms with van der Waals surface area (Å²) in [5.74, 6) is -0.396. The van der Waals surface area contributed by atoms with Crippen molar-refractivity contribution in [1.82, 2.24) is 10.6 Å². The zero-order valence-electron chi connectivity index (χ0n) is 16.2. The van der Waals surface area contributed by atoms with Crippen molar-refractivity contribution in [2.24, 2.45) is 11.1 Å². The Morgan fingerprint density at radius 1 is 1.19 bits per heavy atom. The van der Waals surface area contributed by atoms with Crippen LogP contribution in [-0.4, -0.2) is 48.9 Å². The van der Waals surface area contributed by atoms with Crippen LogP contribution in [0, 0.1) is 12.3 Å². The van der Waals surface area contributed by atoms with Crippen molar-refractivity contribution in [3.63, 3.8) is 0 Å². The first-order valence-electron chi connectivity index (χ1n) is 8.67. The van der Waals surface area contributed by atoms with E-state index in [1.54, 1.807) is 0 Å². The fraction of sp³-hybridized carbons (Fsp3) is 0.579. The number of aliphatic hydroxyl groups excluding tert-OH is 1. The lowest BCUT2D eigenvalue weighted by Gasteiger charge is -2.32. The third-order valence-electron chi connectivity index (χ3n) is 4.19. The first-order valence-corrected chi connectivity index (χ1v) is 8.67. The van der Waals surface area contributed by atoms with Gasteiger partial charge in [-0.2, -0.15) is 0 Å². The molecule has 0 saturated carbocycles. The van der Waals surface area contributed by atoms with Crippen LogP contribution in [0.1, 0.15) is 31.9 Å². The molecule has 0 fully saturated rings. The lowest BCUT2D eigenvalue weighted by atomic mass is 9.85. The number of alkyl carbamates (subject to hydrolysis) is 1. The van der Waals surface area contributed by atoms with Gasteiger partial charge in [0.25, 0.3) is 0 Å². The van der Waals surface area contributed by atoms with E-state index < -0.39 is 35.6 Å². The molecule has 1 unspecified atom stereocenters. The van der Waals surface area contributed by atoms with Crippen molar-refractivity contribution in [2.75, 3.05) is 13.7 Å². The molecule has 0 heterocycles. The van der Waals surface area contributed by atoms with E-state index in [-0.39, 0.29) is 6.54 Å². The zero-order chi connectivity index (χ0) is 19.9. The number of rotatable bonds is 7. The van der Waals surface area contributed by atoms with Crippen molar-refractivity contribution in [1.29, 1.82) is 0 Å². The van der Waals surface area contributed by atoms with E-state index in [0.717, 1.165) is 11.1 Å². The Bertz CT molecular complexity index is 596. The van der Waals surface area contributed by atoms with E-state index in [0.29, 0.717) is 6.42 Å². The lowest BCUT2D eigenvalue weighted by Crippen LogP contribution is -2.58.